The maximum Gasteiger partial charge on any atom is 0.335 e. The molecule has 0 spiro atoms. The van der Waals surface area contributed by atoms with E-state index < -0.39 is 73.4 Å². The molecule has 0 amide bonds. The average molecular weight is 557 g/mol. The second kappa shape index (κ2) is 15.4. The van der Waals surface area contributed by atoms with Gasteiger partial charge < -0.3 is 59.1 Å². The summed E-state index contributed by atoms with van der Waals surface area (Å²) in [5.41, 5.74) is 0. The van der Waals surface area contributed by atoms with E-state index in [9.17, 15) is 30.0 Å². The van der Waals surface area contributed by atoms with Gasteiger partial charge in [0.05, 0.1) is 24.4 Å². The Balaban J connectivity index is 0.000000380. The van der Waals surface area contributed by atoms with Crippen molar-refractivity contribution in [3.63, 3.8) is 0 Å². The number of carboxylic acid groups (broad SMARTS) is 2. The zero-order valence-electron chi connectivity index (χ0n) is 23.0. The van der Waals surface area contributed by atoms with Crippen molar-refractivity contribution in [2.75, 3.05) is 0 Å². The first kappa shape index (κ1) is 34.6. The van der Waals surface area contributed by atoms with E-state index in [1.54, 1.807) is 55.4 Å². The highest BCUT2D eigenvalue weighted by atomic mass is 16.7. The molecule has 2 unspecified atom stereocenters. The summed E-state index contributed by atoms with van der Waals surface area (Å²) in [4.78, 5) is 22.4. The largest absolute Gasteiger partial charge is 0.479 e. The van der Waals surface area contributed by atoms with Gasteiger partial charge >= 0.3 is 11.9 Å². The van der Waals surface area contributed by atoms with Crippen molar-refractivity contribution in [1.82, 2.24) is 0 Å². The molecule has 224 valence electrons. The van der Waals surface area contributed by atoms with E-state index in [1.165, 1.54) is 0 Å². The van der Waals surface area contributed by atoms with Crippen LogP contribution >= 0.6 is 0 Å². The van der Waals surface area contributed by atoms with Crippen molar-refractivity contribution in [2.24, 2.45) is 0 Å². The summed E-state index contributed by atoms with van der Waals surface area (Å²) < 4.78 is 31.6. The fourth-order valence-electron chi connectivity index (χ4n) is 3.77. The number of carbonyl (C=O) groups is 2. The summed E-state index contributed by atoms with van der Waals surface area (Å²) >= 11 is 0. The van der Waals surface area contributed by atoms with Crippen LogP contribution in [0, 0.1) is 0 Å². The lowest BCUT2D eigenvalue weighted by molar-refractivity contribution is -0.310. The van der Waals surface area contributed by atoms with Crippen LogP contribution in [0.3, 0.4) is 0 Å². The Labute approximate surface area is 222 Å². The molecule has 2 saturated heterocycles. The molecule has 14 nitrogen and oxygen atoms in total. The maximum absolute atomic E-state index is 11.2. The standard InChI is InChI=1S/2C12H22O7/c2*1-5(2)17-9-7(13)8(14)12(18-6(3)4)19-10(9)11(15)16/h2*5-10,12-14H,1-4H3,(H,15,16)/t7-,8?,9+,10?,12-;7-,8+,9+,10-,12-/m11/s1. The van der Waals surface area contributed by atoms with Gasteiger partial charge in [-0.25, -0.2) is 9.59 Å². The molecule has 2 aliphatic heterocycles. The van der Waals surface area contributed by atoms with Gasteiger partial charge in [-0.2, -0.15) is 0 Å². The monoisotopic (exact) mass is 556 g/mol. The van der Waals surface area contributed by atoms with E-state index in [-0.39, 0.29) is 24.4 Å². The number of carboxylic acids is 2. The normalized spacial score (nSPS) is 35.9. The van der Waals surface area contributed by atoms with E-state index in [4.69, 9.17) is 38.6 Å². The molecule has 0 aromatic carbocycles. The fraction of sp³-hybridized carbons (Fsp3) is 0.917. The third-order valence-corrected chi connectivity index (χ3v) is 5.25. The summed E-state index contributed by atoms with van der Waals surface area (Å²) in [7, 11) is 0. The fourth-order valence-corrected chi connectivity index (χ4v) is 3.77. The van der Waals surface area contributed by atoms with Crippen molar-refractivity contribution in [2.45, 2.75) is 141 Å². The molecule has 0 saturated carbocycles. The Morgan fingerprint density at radius 2 is 0.789 bits per heavy atom. The second-order valence-electron chi connectivity index (χ2n) is 10.2. The topological polar surface area (TPSA) is 211 Å². The van der Waals surface area contributed by atoms with E-state index in [2.05, 4.69) is 0 Å². The van der Waals surface area contributed by atoms with Crippen molar-refractivity contribution < 1.29 is 68.6 Å². The van der Waals surface area contributed by atoms with Gasteiger partial charge in [-0.05, 0) is 55.4 Å². The number of hydrogen-bond donors (Lipinski definition) is 6. The number of hydrogen-bond acceptors (Lipinski definition) is 12. The number of ether oxygens (including phenoxy) is 6. The van der Waals surface area contributed by atoms with Gasteiger partial charge in [0, 0.05) is 0 Å². The molecular weight excluding hydrogens is 512 g/mol. The van der Waals surface area contributed by atoms with E-state index >= 15 is 0 Å². The van der Waals surface area contributed by atoms with Crippen molar-refractivity contribution in [3.8, 4) is 0 Å². The molecule has 2 rings (SSSR count). The minimum atomic E-state index is -1.39. The molecule has 0 aromatic heterocycles. The maximum atomic E-state index is 11.2. The number of aliphatic carboxylic acids is 2. The van der Waals surface area contributed by atoms with Gasteiger partial charge in [-0.1, -0.05) is 0 Å². The Morgan fingerprint density at radius 3 is 1.00 bits per heavy atom. The third kappa shape index (κ3) is 9.93. The van der Waals surface area contributed by atoms with Gasteiger partial charge in [-0.3, -0.25) is 0 Å². The van der Waals surface area contributed by atoms with Crippen LogP contribution in [0.25, 0.3) is 0 Å². The van der Waals surface area contributed by atoms with Crippen LogP contribution in [-0.4, -0.2) is 128 Å². The van der Waals surface area contributed by atoms with Crippen molar-refractivity contribution >= 4 is 11.9 Å². The SMILES string of the molecule is CC(C)O[C@@H]1OC(C(=O)O)[C@@H](OC(C)C)[C@H](O)C1O.CC(C)O[C@@H]1O[C@@H](C(=O)O)[C@@H](OC(C)C)[C@H](O)[C@@H]1O. The highest BCUT2D eigenvalue weighted by molar-refractivity contribution is 5.74. The summed E-state index contributed by atoms with van der Waals surface area (Å²) in [6, 6.07) is 0. The summed E-state index contributed by atoms with van der Waals surface area (Å²) in [6.07, 6.45) is -14.1. The number of rotatable bonds is 10. The summed E-state index contributed by atoms with van der Waals surface area (Å²) in [5, 5.41) is 58.0. The predicted molar refractivity (Wildman–Crippen MR) is 129 cm³/mol. The van der Waals surface area contributed by atoms with Crippen molar-refractivity contribution in [1.29, 1.82) is 0 Å². The highest BCUT2D eigenvalue weighted by Gasteiger charge is 2.50. The van der Waals surface area contributed by atoms with Gasteiger partial charge in [-0.15, -0.1) is 0 Å². The molecule has 2 fully saturated rings. The average Bonchev–Trinajstić information content (AvgIpc) is 2.77. The summed E-state index contributed by atoms with van der Waals surface area (Å²) in [5.74, 6) is -2.54. The van der Waals surface area contributed by atoms with Crippen LogP contribution in [0.1, 0.15) is 55.4 Å². The molecule has 2 heterocycles. The Kier molecular flexibility index (Phi) is 14.0. The zero-order chi connectivity index (χ0) is 29.5. The minimum Gasteiger partial charge on any atom is -0.479 e. The van der Waals surface area contributed by atoms with Gasteiger partial charge in [0.2, 0.25) is 0 Å². The molecule has 14 heteroatoms. The Morgan fingerprint density at radius 1 is 0.526 bits per heavy atom. The minimum absolute atomic E-state index is 0.274. The third-order valence-electron chi connectivity index (χ3n) is 5.25. The lowest BCUT2D eigenvalue weighted by Gasteiger charge is -2.41. The zero-order valence-corrected chi connectivity index (χ0v) is 23.0. The molecule has 0 aromatic rings. The first-order chi connectivity index (χ1) is 17.5. The van der Waals surface area contributed by atoms with Crippen LogP contribution in [0.5, 0.6) is 0 Å². The molecule has 6 N–H and O–H groups in total. The molecule has 0 radical (unpaired) electrons. The van der Waals surface area contributed by atoms with Crippen LogP contribution in [-0.2, 0) is 38.0 Å². The first-order valence-electron chi connectivity index (χ1n) is 12.6. The lowest BCUT2D eigenvalue weighted by atomic mass is 9.98. The molecule has 0 bridgehead atoms. The number of aliphatic hydroxyl groups excluding tert-OH is 4. The molecule has 2 aliphatic rings. The van der Waals surface area contributed by atoms with E-state index in [0.29, 0.717) is 0 Å². The summed E-state index contributed by atoms with van der Waals surface area (Å²) in [6.45, 7) is 13.7. The van der Waals surface area contributed by atoms with Gasteiger partial charge in [0.1, 0.15) is 36.6 Å². The Hall–Kier alpha value is -1.46. The van der Waals surface area contributed by atoms with E-state index in [0.717, 1.165) is 0 Å². The highest BCUT2D eigenvalue weighted by Crippen LogP contribution is 2.27. The lowest BCUT2D eigenvalue weighted by Crippen LogP contribution is -2.61. The van der Waals surface area contributed by atoms with Crippen LogP contribution in [0.2, 0.25) is 0 Å². The second-order valence-corrected chi connectivity index (χ2v) is 10.2. The van der Waals surface area contributed by atoms with Gasteiger partial charge in [0.15, 0.2) is 24.8 Å². The predicted octanol–water partition coefficient (Wildman–Crippen LogP) is -0.527. The molecule has 10 atom stereocenters. The Bertz CT molecular complexity index is 669. The quantitative estimate of drug-likeness (QED) is 0.200. The van der Waals surface area contributed by atoms with Crippen LogP contribution in [0.15, 0.2) is 0 Å². The molecular formula is C24H44O14. The smallest absolute Gasteiger partial charge is 0.335 e. The molecule has 0 aliphatic carbocycles. The molecule has 38 heavy (non-hydrogen) atoms. The van der Waals surface area contributed by atoms with Crippen LogP contribution in [0.4, 0.5) is 0 Å². The number of aliphatic hydroxyl groups is 4. The first-order valence-corrected chi connectivity index (χ1v) is 12.6. The van der Waals surface area contributed by atoms with Crippen molar-refractivity contribution in [3.05, 3.63) is 0 Å². The van der Waals surface area contributed by atoms with E-state index in [1.807, 2.05) is 0 Å². The van der Waals surface area contributed by atoms with Crippen LogP contribution < -0.4 is 0 Å². The van der Waals surface area contributed by atoms with Gasteiger partial charge in [0.25, 0.3) is 0 Å².